The molecule has 4 aromatic carbocycles. The van der Waals surface area contributed by atoms with Gasteiger partial charge in [-0.25, -0.2) is 0 Å². The zero-order valence-electron chi connectivity index (χ0n) is 15.2. The van der Waals surface area contributed by atoms with Gasteiger partial charge in [0.05, 0.1) is 5.69 Å². The van der Waals surface area contributed by atoms with Crippen molar-refractivity contribution in [2.75, 3.05) is 0 Å². The Hall–Kier alpha value is -3.45. The molecule has 0 saturated heterocycles. The van der Waals surface area contributed by atoms with Crippen LogP contribution in [-0.4, -0.2) is 4.98 Å². The fraction of sp³-hybridized carbons (Fsp3) is 0.0385. The Morgan fingerprint density at radius 1 is 0.593 bits per heavy atom. The fourth-order valence-electron chi connectivity index (χ4n) is 3.78. The first-order valence-corrected chi connectivity index (χ1v) is 9.23. The quantitative estimate of drug-likeness (QED) is 0.313. The summed E-state index contributed by atoms with van der Waals surface area (Å²) in [6.45, 7) is 2.06. The number of benzene rings is 4. The predicted molar refractivity (Wildman–Crippen MR) is 115 cm³/mol. The molecule has 5 aromatic rings. The third-order valence-electron chi connectivity index (χ3n) is 5.15. The zero-order valence-corrected chi connectivity index (χ0v) is 15.2. The van der Waals surface area contributed by atoms with Crippen molar-refractivity contribution >= 4 is 21.5 Å². The van der Waals surface area contributed by atoms with Crippen molar-refractivity contribution in [3.05, 3.63) is 103 Å². The lowest BCUT2D eigenvalue weighted by Crippen LogP contribution is -1.87. The maximum Gasteiger partial charge on any atom is 0.0702 e. The van der Waals surface area contributed by atoms with Crippen LogP contribution in [0, 0.1) is 6.92 Å². The third kappa shape index (κ3) is 2.78. The van der Waals surface area contributed by atoms with Gasteiger partial charge in [-0.1, -0.05) is 72.8 Å². The van der Waals surface area contributed by atoms with Crippen LogP contribution in [-0.2, 0) is 0 Å². The highest BCUT2D eigenvalue weighted by Crippen LogP contribution is 2.36. The van der Waals surface area contributed by atoms with Crippen molar-refractivity contribution in [3.8, 4) is 22.4 Å². The van der Waals surface area contributed by atoms with Gasteiger partial charge >= 0.3 is 0 Å². The largest absolute Gasteiger partial charge is 0.256 e. The molecule has 1 heterocycles. The lowest BCUT2D eigenvalue weighted by Gasteiger charge is -2.12. The van der Waals surface area contributed by atoms with Crippen LogP contribution in [0.5, 0.6) is 0 Å². The van der Waals surface area contributed by atoms with Crippen molar-refractivity contribution < 1.29 is 0 Å². The van der Waals surface area contributed by atoms with Crippen molar-refractivity contribution in [3.63, 3.8) is 0 Å². The Morgan fingerprint density at radius 2 is 1.33 bits per heavy atom. The summed E-state index contributed by atoms with van der Waals surface area (Å²) < 4.78 is 0. The standard InChI is InChI=1S/C26H19N/c1-18-13-14-26(27-17-18)21-9-6-8-19(15-21)25-16-20-7-2-3-10-22(20)23-11-4-5-12-24(23)25/h2-17H,1H3. The molecular formula is C26H19N. The van der Waals surface area contributed by atoms with Gasteiger partial charge in [-0.2, -0.15) is 0 Å². The van der Waals surface area contributed by atoms with Gasteiger partial charge in [0.25, 0.3) is 0 Å². The van der Waals surface area contributed by atoms with E-state index >= 15 is 0 Å². The summed E-state index contributed by atoms with van der Waals surface area (Å²) in [5.74, 6) is 0. The second kappa shape index (κ2) is 6.37. The predicted octanol–water partition coefficient (Wildman–Crippen LogP) is 7.03. The first-order valence-electron chi connectivity index (χ1n) is 9.23. The van der Waals surface area contributed by atoms with E-state index in [4.69, 9.17) is 0 Å². The minimum absolute atomic E-state index is 1.01. The van der Waals surface area contributed by atoms with E-state index in [-0.39, 0.29) is 0 Å². The molecule has 0 saturated carbocycles. The molecule has 1 nitrogen and oxygen atoms in total. The monoisotopic (exact) mass is 345 g/mol. The number of rotatable bonds is 2. The molecule has 0 fully saturated rings. The molecule has 128 valence electrons. The van der Waals surface area contributed by atoms with Gasteiger partial charge in [0.1, 0.15) is 0 Å². The summed E-state index contributed by atoms with van der Waals surface area (Å²) in [5.41, 5.74) is 5.81. The topological polar surface area (TPSA) is 12.9 Å². The van der Waals surface area contributed by atoms with Crippen molar-refractivity contribution in [1.29, 1.82) is 0 Å². The van der Waals surface area contributed by atoms with Gasteiger partial charge in [0.2, 0.25) is 0 Å². The highest BCUT2D eigenvalue weighted by Gasteiger charge is 2.09. The van der Waals surface area contributed by atoms with Crippen LogP contribution in [0.1, 0.15) is 5.56 Å². The molecule has 0 aliphatic rings. The molecule has 0 radical (unpaired) electrons. The van der Waals surface area contributed by atoms with Crippen LogP contribution in [0.2, 0.25) is 0 Å². The Labute approximate surface area is 158 Å². The Morgan fingerprint density at radius 3 is 2.15 bits per heavy atom. The van der Waals surface area contributed by atoms with E-state index in [2.05, 4.69) is 103 Å². The molecule has 0 atom stereocenters. The fourth-order valence-corrected chi connectivity index (χ4v) is 3.78. The van der Waals surface area contributed by atoms with Gasteiger partial charge in [-0.05, 0) is 63.4 Å². The zero-order chi connectivity index (χ0) is 18.2. The van der Waals surface area contributed by atoms with E-state index in [0.717, 1.165) is 11.3 Å². The molecule has 0 unspecified atom stereocenters. The molecule has 27 heavy (non-hydrogen) atoms. The van der Waals surface area contributed by atoms with Crippen LogP contribution in [0.25, 0.3) is 43.9 Å². The molecule has 0 N–H and O–H groups in total. The van der Waals surface area contributed by atoms with E-state index in [1.54, 1.807) is 0 Å². The summed E-state index contributed by atoms with van der Waals surface area (Å²) in [5, 5.41) is 5.15. The minimum atomic E-state index is 1.01. The van der Waals surface area contributed by atoms with Crippen LogP contribution in [0.4, 0.5) is 0 Å². The Bertz CT molecular complexity index is 1270. The molecule has 0 aliphatic carbocycles. The SMILES string of the molecule is Cc1ccc(-c2cccc(-c3cc4ccccc4c4ccccc34)c2)nc1. The van der Waals surface area contributed by atoms with E-state index in [9.17, 15) is 0 Å². The maximum absolute atomic E-state index is 4.60. The summed E-state index contributed by atoms with van der Waals surface area (Å²) in [4.78, 5) is 4.60. The van der Waals surface area contributed by atoms with E-state index < -0.39 is 0 Å². The summed E-state index contributed by atoms with van der Waals surface area (Å²) in [6.07, 6.45) is 1.92. The van der Waals surface area contributed by atoms with Crippen LogP contribution < -0.4 is 0 Å². The third-order valence-corrected chi connectivity index (χ3v) is 5.15. The average molecular weight is 345 g/mol. The summed E-state index contributed by atoms with van der Waals surface area (Å²) in [6, 6.07) is 32.5. The molecular weight excluding hydrogens is 326 g/mol. The van der Waals surface area contributed by atoms with E-state index in [1.807, 2.05) is 6.20 Å². The maximum atomic E-state index is 4.60. The molecule has 1 heteroatoms. The molecule has 0 spiro atoms. The van der Waals surface area contributed by atoms with Gasteiger partial charge in [-0.3, -0.25) is 4.98 Å². The first kappa shape index (κ1) is 15.8. The van der Waals surface area contributed by atoms with Crippen LogP contribution in [0.3, 0.4) is 0 Å². The molecule has 0 bridgehead atoms. The highest BCUT2D eigenvalue weighted by atomic mass is 14.7. The number of aryl methyl sites for hydroxylation is 1. The van der Waals surface area contributed by atoms with E-state index in [1.165, 1.54) is 38.2 Å². The van der Waals surface area contributed by atoms with Crippen LogP contribution in [0.15, 0.2) is 97.2 Å². The number of nitrogens with zero attached hydrogens (tertiary/aromatic N) is 1. The first-order chi connectivity index (χ1) is 13.3. The van der Waals surface area contributed by atoms with Crippen molar-refractivity contribution in [1.82, 2.24) is 4.98 Å². The highest BCUT2D eigenvalue weighted by molar-refractivity contribution is 6.13. The van der Waals surface area contributed by atoms with Crippen molar-refractivity contribution in [2.45, 2.75) is 6.92 Å². The van der Waals surface area contributed by atoms with Crippen LogP contribution >= 0.6 is 0 Å². The van der Waals surface area contributed by atoms with E-state index in [0.29, 0.717) is 0 Å². The second-order valence-electron chi connectivity index (χ2n) is 6.99. The number of fused-ring (bicyclic) bond motifs is 3. The Balaban J connectivity index is 1.76. The van der Waals surface area contributed by atoms with Gasteiger partial charge < -0.3 is 0 Å². The average Bonchev–Trinajstić information content (AvgIpc) is 2.74. The molecule has 0 aliphatic heterocycles. The minimum Gasteiger partial charge on any atom is -0.256 e. The summed E-state index contributed by atoms with van der Waals surface area (Å²) >= 11 is 0. The summed E-state index contributed by atoms with van der Waals surface area (Å²) in [7, 11) is 0. The van der Waals surface area contributed by atoms with Gasteiger partial charge in [0, 0.05) is 11.8 Å². The number of aromatic nitrogens is 1. The molecule has 0 amide bonds. The second-order valence-corrected chi connectivity index (χ2v) is 6.99. The lowest BCUT2D eigenvalue weighted by atomic mass is 9.92. The number of hydrogen-bond acceptors (Lipinski definition) is 1. The number of hydrogen-bond donors (Lipinski definition) is 0. The molecule has 1 aromatic heterocycles. The lowest BCUT2D eigenvalue weighted by molar-refractivity contribution is 1.27. The normalized spacial score (nSPS) is 11.1. The van der Waals surface area contributed by atoms with Gasteiger partial charge in [0.15, 0.2) is 0 Å². The Kier molecular flexibility index (Phi) is 3.72. The van der Waals surface area contributed by atoms with Gasteiger partial charge in [-0.15, -0.1) is 0 Å². The smallest absolute Gasteiger partial charge is 0.0702 e. The number of pyridine rings is 1. The van der Waals surface area contributed by atoms with Crippen molar-refractivity contribution in [2.24, 2.45) is 0 Å². The molecule has 5 rings (SSSR count).